The summed E-state index contributed by atoms with van der Waals surface area (Å²) >= 11 is 0. The molecule has 1 aromatic rings. The van der Waals surface area contributed by atoms with Gasteiger partial charge in [0.2, 0.25) is 0 Å². The number of rotatable bonds is 6. The molecule has 128 valence electrons. The Balaban J connectivity index is 1.95. The third-order valence-electron chi connectivity index (χ3n) is 4.65. The van der Waals surface area contributed by atoms with Gasteiger partial charge >= 0.3 is 0 Å². The van der Waals surface area contributed by atoms with Gasteiger partial charge in [0, 0.05) is 19.6 Å². The quantitative estimate of drug-likeness (QED) is 0.647. The van der Waals surface area contributed by atoms with Crippen molar-refractivity contribution >= 4 is 5.96 Å². The molecule has 0 aromatic heterocycles. The fourth-order valence-corrected chi connectivity index (χ4v) is 3.10. The van der Waals surface area contributed by atoms with E-state index < -0.39 is 0 Å². The second-order valence-electron chi connectivity index (χ2n) is 6.36. The number of nitrogens with zero attached hydrogens (tertiary/aromatic N) is 3. The summed E-state index contributed by atoms with van der Waals surface area (Å²) in [4.78, 5) is 9.29. The van der Waals surface area contributed by atoms with E-state index in [1.165, 1.54) is 36.8 Å². The van der Waals surface area contributed by atoms with Crippen molar-refractivity contribution in [3.63, 3.8) is 0 Å². The van der Waals surface area contributed by atoms with Gasteiger partial charge in [0.1, 0.15) is 0 Å². The summed E-state index contributed by atoms with van der Waals surface area (Å²) < 4.78 is 0. The first-order valence-electron chi connectivity index (χ1n) is 9.08. The zero-order chi connectivity index (χ0) is 16.5. The van der Waals surface area contributed by atoms with Crippen molar-refractivity contribution in [2.75, 3.05) is 26.2 Å². The molecule has 0 radical (unpaired) electrons. The molecule has 4 heteroatoms. The molecule has 4 nitrogen and oxygen atoms in total. The second-order valence-corrected chi connectivity index (χ2v) is 6.36. The number of guanidine groups is 1. The smallest absolute Gasteiger partial charge is 0.191 e. The Labute approximate surface area is 141 Å². The molecule has 0 aliphatic carbocycles. The maximum atomic E-state index is 6.20. The van der Waals surface area contributed by atoms with Crippen LogP contribution in [0.25, 0.3) is 0 Å². The van der Waals surface area contributed by atoms with Gasteiger partial charge in [-0.25, -0.2) is 4.99 Å². The SMILES string of the molecule is CCN(CC)Cc1cccc(CN=C(N)N2CCCCCC2)c1. The minimum atomic E-state index is 0.675. The van der Waals surface area contributed by atoms with E-state index in [-0.39, 0.29) is 0 Å². The van der Waals surface area contributed by atoms with E-state index in [1.807, 2.05) is 0 Å². The summed E-state index contributed by atoms with van der Waals surface area (Å²) in [6, 6.07) is 8.73. The van der Waals surface area contributed by atoms with E-state index in [4.69, 9.17) is 5.73 Å². The Hall–Kier alpha value is -1.55. The van der Waals surface area contributed by atoms with E-state index in [0.29, 0.717) is 12.5 Å². The lowest BCUT2D eigenvalue weighted by molar-refractivity contribution is 0.296. The molecule has 1 aliphatic heterocycles. The lowest BCUT2D eigenvalue weighted by atomic mass is 10.1. The second kappa shape index (κ2) is 9.56. The molecule has 0 amide bonds. The van der Waals surface area contributed by atoms with Gasteiger partial charge in [-0.15, -0.1) is 0 Å². The van der Waals surface area contributed by atoms with Gasteiger partial charge < -0.3 is 10.6 Å². The fraction of sp³-hybridized carbons (Fsp3) is 0.632. The molecule has 0 bridgehead atoms. The average Bonchev–Trinajstić information content (AvgIpc) is 2.87. The number of hydrogen-bond donors (Lipinski definition) is 1. The van der Waals surface area contributed by atoms with Crippen LogP contribution in [0.4, 0.5) is 0 Å². The van der Waals surface area contributed by atoms with E-state index in [1.54, 1.807) is 0 Å². The van der Waals surface area contributed by atoms with Crippen LogP contribution in [0.15, 0.2) is 29.3 Å². The monoisotopic (exact) mass is 316 g/mol. The molecule has 0 saturated carbocycles. The Morgan fingerprint density at radius 2 is 1.74 bits per heavy atom. The number of nitrogens with two attached hydrogens (primary N) is 1. The van der Waals surface area contributed by atoms with Crippen LogP contribution in [0.1, 0.15) is 50.7 Å². The number of hydrogen-bond acceptors (Lipinski definition) is 2. The molecular weight excluding hydrogens is 284 g/mol. The molecule has 1 saturated heterocycles. The Morgan fingerprint density at radius 3 is 2.39 bits per heavy atom. The van der Waals surface area contributed by atoms with Crippen LogP contribution < -0.4 is 5.73 Å². The van der Waals surface area contributed by atoms with Crippen LogP contribution >= 0.6 is 0 Å². The molecule has 1 aromatic carbocycles. The molecule has 1 heterocycles. The van der Waals surface area contributed by atoms with Crippen LogP contribution in [-0.2, 0) is 13.1 Å². The molecule has 0 spiro atoms. The third kappa shape index (κ3) is 5.87. The highest BCUT2D eigenvalue weighted by atomic mass is 15.2. The Morgan fingerprint density at radius 1 is 1.09 bits per heavy atom. The zero-order valence-electron chi connectivity index (χ0n) is 14.8. The lowest BCUT2D eigenvalue weighted by Gasteiger charge is -2.21. The molecule has 2 rings (SSSR count). The van der Waals surface area contributed by atoms with Crippen LogP contribution in [0, 0.1) is 0 Å². The Bertz CT molecular complexity index is 486. The lowest BCUT2D eigenvalue weighted by Crippen LogP contribution is -2.38. The minimum absolute atomic E-state index is 0.675. The van der Waals surface area contributed by atoms with E-state index in [0.717, 1.165) is 32.7 Å². The normalized spacial score (nSPS) is 16.7. The molecule has 1 fully saturated rings. The maximum absolute atomic E-state index is 6.20. The molecule has 0 unspecified atom stereocenters. The predicted molar refractivity (Wildman–Crippen MR) is 98.4 cm³/mol. The molecule has 2 N–H and O–H groups in total. The van der Waals surface area contributed by atoms with Crippen LogP contribution in [0.2, 0.25) is 0 Å². The fourth-order valence-electron chi connectivity index (χ4n) is 3.10. The van der Waals surface area contributed by atoms with Gasteiger partial charge in [-0.1, -0.05) is 51.0 Å². The van der Waals surface area contributed by atoms with Crippen LogP contribution in [-0.4, -0.2) is 41.9 Å². The van der Waals surface area contributed by atoms with E-state index >= 15 is 0 Å². The van der Waals surface area contributed by atoms with Crippen molar-refractivity contribution in [2.24, 2.45) is 10.7 Å². The van der Waals surface area contributed by atoms with E-state index in [9.17, 15) is 0 Å². The first-order valence-corrected chi connectivity index (χ1v) is 9.08. The van der Waals surface area contributed by atoms with Crippen molar-refractivity contribution in [2.45, 2.75) is 52.6 Å². The highest BCUT2D eigenvalue weighted by Crippen LogP contribution is 2.11. The standard InChI is InChI=1S/C19H32N4/c1-3-22(4-2)16-18-11-9-10-17(14-18)15-21-19(20)23-12-7-5-6-8-13-23/h9-11,14H,3-8,12-13,15-16H2,1-2H3,(H2,20,21). The van der Waals surface area contributed by atoms with Gasteiger partial charge in [0.25, 0.3) is 0 Å². The number of likely N-dealkylation sites (tertiary alicyclic amines) is 1. The minimum Gasteiger partial charge on any atom is -0.370 e. The maximum Gasteiger partial charge on any atom is 0.191 e. The Kier molecular flexibility index (Phi) is 7.40. The summed E-state index contributed by atoms with van der Waals surface area (Å²) in [5.41, 5.74) is 8.79. The first kappa shape index (κ1) is 17.8. The van der Waals surface area contributed by atoms with Crippen molar-refractivity contribution in [3.05, 3.63) is 35.4 Å². The van der Waals surface area contributed by atoms with Crippen molar-refractivity contribution < 1.29 is 0 Å². The van der Waals surface area contributed by atoms with Crippen LogP contribution in [0.3, 0.4) is 0 Å². The number of benzene rings is 1. The first-order chi connectivity index (χ1) is 11.2. The molecule has 1 aliphatic rings. The summed E-state index contributed by atoms with van der Waals surface area (Å²) in [6.07, 6.45) is 5.10. The zero-order valence-corrected chi connectivity index (χ0v) is 14.8. The summed E-state index contributed by atoms with van der Waals surface area (Å²) in [5.74, 6) is 0.709. The third-order valence-corrected chi connectivity index (χ3v) is 4.65. The van der Waals surface area contributed by atoms with Crippen molar-refractivity contribution in [1.82, 2.24) is 9.80 Å². The summed E-state index contributed by atoms with van der Waals surface area (Å²) in [6.45, 7) is 10.4. The predicted octanol–water partition coefficient (Wildman–Crippen LogP) is 3.22. The number of aliphatic imine (C=N–C) groups is 1. The highest BCUT2D eigenvalue weighted by molar-refractivity contribution is 5.78. The summed E-state index contributed by atoms with van der Waals surface area (Å²) in [7, 11) is 0. The molecular formula is C19H32N4. The molecule has 23 heavy (non-hydrogen) atoms. The van der Waals surface area contributed by atoms with Crippen LogP contribution in [0.5, 0.6) is 0 Å². The molecule has 0 atom stereocenters. The topological polar surface area (TPSA) is 44.9 Å². The largest absolute Gasteiger partial charge is 0.370 e. The van der Waals surface area contributed by atoms with Gasteiger partial charge in [-0.3, -0.25) is 4.90 Å². The van der Waals surface area contributed by atoms with Gasteiger partial charge in [-0.2, -0.15) is 0 Å². The van der Waals surface area contributed by atoms with Gasteiger partial charge in [0.15, 0.2) is 5.96 Å². The highest BCUT2D eigenvalue weighted by Gasteiger charge is 2.10. The van der Waals surface area contributed by atoms with Crippen molar-refractivity contribution in [3.8, 4) is 0 Å². The van der Waals surface area contributed by atoms with Crippen molar-refractivity contribution in [1.29, 1.82) is 0 Å². The summed E-state index contributed by atoms with van der Waals surface area (Å²) in [5, 5.41) is 0. The van der Waals surface area contributed by atoms with Gasteiger partial charge in [-0.05, 0) is 37.1 Å². The van der Waals surface area contributed by atoms with E-state index in [2.05, 4.69) is 52.9 Å². The van der Waals surface area contributed by atoms with Gasteiger partial charge in [0.05, 0.1) is 6.54 Å². The average molecular weight is 316 g/mol.